The van der Waals surface area contributed by atoms with Gasteiger partial charge in [0.15, 0.2) is 0 Å². The maximum absolute atomic E-state index is 13.1. The number of unbranched alkanes of at least 4 members (excludes halogenated alkanes) is 1. The smallest absolute Gasteiger partial charge is 0.138 e. The lowest BCUT2D eigenvalue weighted by Crippen LogP contribution is -2.24. The van der Waals surface area contributed by atoms with Crippen molar-refractivity contribution in [2.75, 3.05) is 6.67 Å². The summed E-state index contributed by atoms with van der Waals surface area (Å²) in [5, 5.41) is 0. The molecule has 0 aliphatic heterocycles. The highest BCUT2D eigenvalue weighted by atomic mass is 19.2. The lowest BCUT2D eigenvalue weighted by molar-refractivity contribution is 0.101. The van der Waals surface area contributed by atoms with E-state index < -0.39 is 12.3 Å². The predicted molar refractivity (Wildman–Crippen MR) is 39.6 cm³/mol. The van der Waals surface area contributed by atoms with E-state index in [0.29, 0.717) is 12.8 Å². The molecule has 0 N–H and O–H groups in total. The summed E-state index contributed by atoms with van der Waals surface area (Å²) in [5.74, 6) is 0. The van der Waals surface area contributed by atoms with E-state index in [1.165, 1.54) is 0 Å². The van der Waals surface area contributed by atoms with Gasteiger partial charge in [-0.05, 0) is 12.8 Å². The molecule has 2 heteroatoms. The minimum absolute atomic E-state index is 0.295. The topological polar surface area (TPSA) is 0 Å². The molecule has 0 heterocycles. The van der Waals surface area contributed by atoms with E-state index in [4.69, 9.17) is 0 Å². The lowest BCUT2D eigenvalue weighted by atomic mass is 9.98. The summed E-state index contributed by atoms with van der Waals surface area (Å²) >= 11 is 0. The molecule has 0 saturated heterocycles. The fourth-order valence-corrected chi connectivity index (χ4v) is 0.832. The Balaban J connectivity index is 3.58. The molecule has 0 fully saturated rings. The Bertz CT molecular complexity index is 77.3. The average Bonchev–Trinajstić information content (AvgIpc) is 2.00. The van der Waals surface area contributed by atoms with E-state index in [2.05, 4.69) is 0 Å². The van der Waals surface area contributed by atoms with Gasteiger partial charge in [0, 0.05) is 0 Å². The first-order chi connectivity index (χ1) is 4.68. The minimum Gasteiger partial charge on any atom is -0.248 e. The van der Waals surface area contributed by atoms with Crippen LogP contribution in [-0.4, -0.2) is 12.3 Å². The highest BCUT2D eigenvalue weighted by Gasteiger charge is 2.25. The highest BCUT2D eigenvalue weighted by Crippen LogP contribution is 2.23. The van der Waals surface area contributed by atoms with Gasteiger partial charge in [0.25, 0.3) is 0 Å². The van der Waals surface area contributed by atoms with Gasteiger partial charge in [0.2, 0.25) is 0 Å². The van der Waals surface area contributed by atoms with Crippen LogP contribution in [0.3, 0.4) is 0 Å². The fraction of sp³-hybridized carbons (Fsp3) is 1.00. The van der Waals surface area contributed by atoms with Crippen LogP contribution in [0.2, 0.25) is 0 Å². The zero-order valence-corrected chi connectivity index (χ0v) is 6.79. The first-order valence-corrected chi connectivity index (χ1v) is 3.93. The summed E-state index contributed by atoms with van der Waals surface area (Å²) in [4.78, 5) is 0. The molecule has 0 amide bonds. The van der Waals surface area contributed by atoms with Crippen LogP contribution in [-0.2, 0) is 0 Å². The van der Waals surface area contributed by atoms with Crippen LogP contribution in [0.25, 0.3) is 0 Å². The normalized spacial score (nSPS) is 16.8. The third-order valence-corrected chi connectivity index (χ3v) is 1.85. The molecule has 0 bridgehead atoms. The molecule has 62 valence electrons. The fourth-order valence-electron chi connectivity index (χ4n) is 0.832. The van der Waals surface area contributed by atoms with E-state index in [1.54, 1.807) is 6.92 Å². The van der Waals surface area contributed by atoms with E-state index in [-0.39, 0.29) is 0 Å². The van der Waals surface area contributed by atoms with Crippen molar-refractivity contribution < 1.29 is 8.78 Å². The van der Waals surface area contributed by atoms with Crippen molar-refractivity contribution in [2.45, 2.75) is 45.2 Å². The molecule has 0 aromatic carbocycles. The summed E-state index contributed by atoms with van der Waals surface area (Å²) in [7, 11) is 0. The molecular formula is C8H16F2. The zero-order chi connectivity index (χ0) is 8.04. The highest BCUT2D eigenvalue weighted by molar-refractivity contribution is 4.75. The average molecular weight is 150 g/mol. The largest absolute Gasteiger partial charge is 0.248 e. The Labute approximate surface area is 61.6 Å². The van der Waals surface area contributed by atoms with Crippen molar-refractivity contribution in [1.29, 1.82) is 0 Å². The van der Waals surface area contributed by atoms with Crippen LogP contribution >= 0.6 is 0 Å². The Morgan fingerprint density at radius 2 is 1.90 bits per heavy atom. The summed E-state index contributed by atoms with van der Waals surface area (Å²) in [6, 6.07) is 0. The molecule has 0 aromatic heterocycles. The molecule has 10 heavy (non-hydrogen) atoms. The van der Waals surface area contributed by atoms with Crippen LogP contribution in [0.5, 0.6) is 0 Å². The third-order valence-electron chi connectivity index (χ3n) is 1.85. The van der Waals surface area contributed by atoms with Crippen LogP contribution < -0.4 is 0 Å². The van der Waals surface area contributed by atoms with Crippen molar-refractivity contribution in [3.63, 3.8) is 0 Å². The van der Waals surface area contributed by atoms with Crippen LogP contribution in [0.1, 0.15) is 39.5 Å². The van der Waals surface area contributed by atoms with Crippen LogP contribution in [0.15, 0.2) is 0 Å². The van der Waals surface area contributed by atoms with Gasteiger partial charge in [0.05, 0.1) is 0 Å². The maximum atomic E-state index is 13.1. The third kappa shape index (κ3) is 3.14. The van der Waals surface area contributed by atoms with E-state index in [0.717, 1.165) is 12.8 Å². The maximum Gasteiger partial charge on any atom is 0.138 e. The monoisotopic (exact) mass is 150 g/mol. The quantitative estimate of drug-likeness (QED) is 0.564. The molecule has 0 aliphatic rings. The van der Waals surface area contributed by atoms with Gasteiger partial charge in [-0.3, -0.25) is 0 Å². The van der Waals surface area contributed by atoms with E-state index in [9.17, 15) is 8.78 Å². The number of rotatable bonds is 5. The second-order valence-corrected chi connectivity index (χ2v) is 2.74. The Hall–Kier alpha value is -0.140. The van der Waals surface area contributed by atoms with Gasteiger partial charge in [0.1, 0.15) is 12.3 Å². The van der Waals surface area contributed by atoms with Crippen molar-refractivity contribution in [3.8, 4) is 0 Å². The first-order valence-electron chi connectivity index (χ1n) is 3.93. The molecule has 0 radical (unpaired) electrons. The van der Waals surface area contributed by atoms with Gasteiger partial charge in [-0.2, -0.15) is 0 Å². The second-order valence-electron chi connectivity index (χ2n) is 2.74. The Morgan fingerprint density at radius 1 is 1.30 bits per heavy atom. The summed E-state index contributed by atoms with van der Waals surface area (Å²) < 4.78 is 25.1. The van der Waals surface area contributed by atoms with Gasteiger partial charge in [-0.25, -0.2) is 8.78 Å². The van der Waals surface area contributed by atoms with Crippen LogP contribution in [0, 0.1) is 0 Å². The van der Waals surface area contributed by atoms with Crippen LogP contribution in [0.4, 0.5) is 8.78 Å². The molecule has 0 saturated carbocycles. The molecule has 0 spiro atoms. The van der Waals surface area contributed by atoms with E-state index in [1.807, 2.05) is 6.92 Å². The number of halogens is 2. The molecular weight excluding hydrogens is 134 g/mol. The molecule has 1 atom stereocenters. The number of alkyl halides is 2. The Kier molecular flexibility index (Phi) is 4.58. The molecule has 1 unspecified atom stereocenters. The molecule has 0 aromatic rings. The van der Waals surface area contributed by atoms with Gasteiger partial charge in [-0.1, -0.05) is 26.7 Å². The summed E-state index contributed by atoms with van der Waals surface area (Å²) in [5.41, 5.74) is -1.53. The lowest BCUT2D eigenvalue weighted by Gasteiger charge is -2.18. The van der Waals surface area contributed by atoms with E-state index >= 15 is 0 Å². The summed E-state index contributed by atoms with van der Waals surface area (Å²) in [6.45, 7) is 2.84. The second kappa shape index (κ2) is 4.64. The first kappa shape index (κ1) is 9.86. The number of hydrogen-bond acceptors (Lipinski definition) is 0. The van der Waals surface area contributed by atoms with Crippen molar-refractivity contribution in [2.24, 2.45) is 0 Å². The SMILES string of the molecule is CCCCC(F)(CC)CF. The van der Waals surface area contributed by atoms with Crippen molar-refractivity contribution in [3.05, 3.63) is 0 Å². The molecule has 0 aliphatic carbocycles. The molecule has 0 rings (SSSR count). The Morgan fingerprint density at radius 3 is 2.20 bits per heavy atom. The zero-order valence-electron chi connectivity index (χ0n) is 6.79. The minimum atomic E-state index is -1.53. The predicted octanol–water partition coefficient (Wildman–Crippen LogP) is 3.26. The van der Waals surface area contributed by atoms with Gasteiger partial charge in [-0.15, -0.1) is 0 Å². The molecule has 0 nitrogen and oxygen atoms in total. The standard InChI is InChI=1S/C8H16F2/c1-3-5-6-8(10,4-2)7-9/h3-7H2,1-2H3. The van der Waals surface area contributed by atoms with Crippen molar-refractivity contribution in [1.82, 2.24) is 0 Å². The summed E-state index contributed by atoms with van der Waals surface area (Å²) in [6.07, 6.45) is 2.39. The number of hydrogen-bond donors (Lipinski definition) is 0. The van der Waals surface area contributed by atoms with Gasteiger partial charge < -0.3 is 0 Å². The van der Waals surface area contributed by atoms with Crippen molar-refractivity contribution >= 4 is 0 Å². The van der Waals surface area contributed by atoms with Gasteiger partial charge >= 0.3 is 0 Å².